The fraction of sp³-hybridized carbons (Fsp3) is 0.176. The van der Waals surface area contributed by atoms with Crippen molar-refractivity contribution in [3.8, 4) is 11.1 Å². The van der Waals surface area contributed by atoms with Crippen molar-refractivity contribution in [3.05, 3.63) is 66.2 Å². The Morgan fingerprint density at radius 1 is 1.11 bits per heavy atom. The van der Waals surface area contributed by atoms with Gasteiger partial charge in [-0.2, -0.15) is 0 Å². The highest BCUT2D eigenvalue weighted by atomic mass is 32.2. The van der Waals surface area contributed by atoms with E-state index in [0.29, 0.717) is 0 Å². The largest absolute Gasteiger partial charge is 0.129 e. The van der Waals surface area contributed by atoms with E-state index in [1.165, 1.54) is 27.1 Å². The fourth-order valence-corrected chi connectivity index (χ4v) is 2.91. The van der Waals surface area contributed by atoms with Gasteiger partial charge in [0.15, 0.2) is 0 Å². The van der Waals surface area contributed by atoms with E-state index in [-0.39, 0.29) is 0 Å². The number of thioether (sulfide) groups is 1. The van der Waals surface area contributed by atoms with Crippen LogP contribution in [0.2, 0.25) is 0 Å². The summed E-state index contributed by atoms with van der Waals surface area (Å²) in [5.74, 6) is 0. The topological polar surface area (TPSA) is 0 Å². The zero-order valence-corrected chi connectivity index (χ0v) is 11.8. The first-order chi connectivity index (χ1) is 8.76. The normalized spacial score (nSPS) is 10.3. The molecule has 2 aromatic carbocycles. The van der Waals surface area contributed by atoms with Crippen LogP contribution in [-0.4, -0.2) is 6.26 Å². The van der Waals surface area contributed by atoms with Crippen molar-refractivity contribution < 1.29 is 0 Å². The van der Waals surface area contributed by atoms with Crippen LogP contribution >= 0.6 is 11.8 Å². The van der Waals surface area contributed by atoms with Crippen LogP contribution in [-0.2, 0) is 6.42 Å². The van der Waals surface area contributed by atoms with Crippen LogP contribution in [0, 0.1) is 6.92 Å². The molecule has 1 heteroatoms. The van der Waals surface area contributed by atoms with E-state index >= 15 is 0 Å². The predicted molar refractivity (Wildman–Crippen MR) is 82.3 cm³/mol. The zero-order valence-electron chi connectivity index (χ0n) is 10.9. The number of hydrogen-bond acceptors (Lipinski definition) is 1. The molecule has 18 heavy (non-hydrogen) atoms. The van der Waals surface area contributed by atoms with Gasteiger partial charge in [-0.1, -0.05) is 42.5 Å². The van der Waals surface area contributed by atoms with Crippen LogP contribution in [0.15, 0.2) is 60.0 Å². The molecule has 0 bridgehead atoms. The van der Waals surface area contributed by atoms with Crippen molar-refractivity contribution in [2.45, 2.75) is 18.2 Å². The lowest BCUT2D eigenvalue weighted by Gasteiger charge is -2.12. The summed E-state index contributed by atoms with van der Waals surface area (Å²) in [5.41, 5.74) is 5.32. The first kappa shape index (κ1) is 13.0. The van der Waals surface area contributed by atoms with Gasteiger partial charge in [0, 0.05) is 4.90 Å². The highest BCUT2D eigenvalue weighted by Crippen LogP contribution is 2.30. The van der Waals surface area contributed by atoms with Gasteiger partial charge in [-0.25, -0.2) is 0 Å². The number of rotatable bonds is 4. The quantitative estimate of drug-likeness (QED) is 0.539. The lowest BCUT2D eigenvalue weighted by Crippen LogP contribution is -1.92. The molecule has 0 atom stereocenters. The Morgan fingerprint density at radius 3 is 2.44 bits per heavy atom. The summed E-state index contributed by atoms with van der Waals surface area (Å²) in [6, 6.07) is 15.1. The molecule has 0 heterocycles. The number of aryl methyl sites for hydroxylation is 1. The molecule has 0 unspecified atom stereocenters. The third-order valence-electron chi connectivity index (χ3n) is 3.11. The lowest BCUT2D eigenvalue weighted by atomic mass is 9.98. The van der Waals surface area contributed by atoms with Gasteiger partial charge < -0.3 is 0 Å². The monoisotopic (exact) mass is 254 g/mol. The molecule has 2 aromatic rings. The molecule has 0 spiro atoms. The summed E-state index contributed by atoms with van der Waals surface area (Å²) < 4.78 is 0. The molecule has 0 fully saturated rings. The Labute approximate surface area is 114 Å². The first-order valence-electron chi connectivity index (χ1n) is 6.10. The highest BCUT2D eigenvalue weighted by Gasteiger charge is 2.07. The molecule has 0 aliphatic rings. The Hall–Kier alpha value is -1.47. The van der Waals surface area contributed by atoms with Crippen molar-refractivity contribution >= 4 is 11.8 Å². The maximum atomic E-state index is 3.84. The summed E-state index contributed by atoms with van der Waals surface area (Å²) in [5, 5.41) is 0. The molecule has 0 saturated carbocycles. The van der Waals surface area contributed by atoms with E-state index in [2.05, 4.69) is 62.2 Å². The van der Waals surface area contributed by atoms with Crippen LogP contribution < -0.4 is 0 Å². The molecule has 0 amide bonds. The van der Waals surface area contributed by atoms with E-state index in [0.717, 1.165) is 6.42 Å². The summed E-state index contributed by atoms with van der Waals surface area (Å²) in [4.78, 5) is 1.36. The fourth-order valence-electron chi connectivity index (χ4n) is 2.17. The van der Waals surface area contributed by atoms with Gasteiger partial charge in [-0.15, -0.1) is 18.3 Å². The second-order valence-corrected chi connectivity index (χ2v) is 5.18. The molecule has 0 aliphatic heterocycles. The SMILES string of the molecule is C=CCc1c(C)cc(-c2ccccc2)cc1SC. The maximum Gasteiger partial charge on any atom is 0.0113 e. The van der Waals surface area contributed by atoms with Crippen molar-refractivity contribution in [2.24, 2.45) is 0 Å². The Kier molecular flexibility index (Phi) is 4.27. The van der Waals surface area contributed by atoms with Crippen molar-refractivity contribution in [1.29, 1.82) is 0 Å². The minimum Gasteiger partial charge on any atom is -0.129 e. The molecular formula is C17H18S. The van der Waals surface area contributed by atoms with E-state index in [4.69, 9.17) is 0 Å². The average Bonchev–Trinajstić information content (AvgIpc) is 2.42. The van der Waals surface area contributed by atoms with E-state index < -0.39 is 0 Å². The standard InChI is InChI=1S/C17H18S/c1-4-8-16-13(2)11-15(12-17(16)18-3)14-9-6-5-7-10-14/h4-7,9-12H,1,8H2,2-3H3. The van der Waals surface area contributed by atoms with Crippen molar-refractivity contribution in [1.82, 2.24) is 0 Å². The molecule has 2 rings (SSSR count). The second-order valence-electron chi connectivity index (χ2n) is 4.33. The van der Waals surface area contributed by atoms with Gasteiger partial charge in [0.2, 0.25) is 0 Å². The number of allylic oxidation sites excluding steroid dienone is 1. The minimum atomic E-state index is 0.942. The molecule has 0 nitrogen and oxygen atoms in total. The summed E-state index contributed by atoms with van der Waals surface area (Å²) >= 11 is 1.81. The Bertz CT molecular complexity index is 541. The Morgan fingerprint density at radius 2 is 1.83 bits per heavy atom. The maximum absolute atomic E-state index is 3.84. The third-order valence-corrected chi connectivity index (χ3v) is 3.91. The van der Waals surface area contributed by atoms with Crippen LogP contribution in [0.4, 0.5) is 0 Å². The predicted octanol–water partition coefficient (Wildman–Crippen LogP) is 5.11. The summed E-state index contributed by atoms with van der Waals surface area (Å²) in [6.45, 7) is 6.03. The third kappa shape index (κ3) is 2.68. The van der Waals surface area contributed by atoms with E-state index in [1.54, 1.807) is 0 Å². The van der Waals surface area contributed by atoms with Gasteiger partial charge >= 0.3 is 0 Å². The number of benzene rings is 2. The lowest BCUT2D eigenvalue weighted by molar-refractivity contribution is 1.14. The van der Waals surface area contributed by atoms with Gasteiger partial charge in [0.05, 0.1) is 0 Å². The van der Waals surface area contributed by atoms with Gasteiger partial charge in [-0.05, 0) is 47.9 Å². The van der Waals surface area contributed by atoms with Crippen molar-refractivity contribution in [3.63, 3.8) is 0 Å². The minimum absolute atomic E-state index is 0.942. The van der Waals surface area contributed by atoms with Crippen LogP contribution in [0.1, 0.15) is 11.1 Å². The molecular weight excluding hydrogens is 236 g/mol. The molecule has 0 aliphatic carbocycles. The average molecular weight is 254 g/mol. The summed E-state index contributed by atoms with van der Waals surface area (Å²) in [6.07, 6.45) is 5.05. The zero-order chi connectivity index (χ0) is 13.0. The van der Waals surface area contributed by atoms with Crippen LogP contribution in [0.3, 0.4) is 0 Å². The number of hydrogen-bond donors (Lipinski definition) is 0. The molecule has 92 valence electrons. The molecule has 0 N–H and O–H groups in total. The van der Waals surface area contributed by atoms with E-state index in [9.17, 15) is 0 Å². The molecule has 0 aromatic heterocycles. The van der Waals surface area contributed by atoms with Gasteiger partial charge in [0.1, 0.15) is 0 Å². The smallest absolute Gasteiger partial charge is 0.0113 e. The van der Waals surface area contributed by atoms with Gasteiger partial charge in [-0.3, -0.25) is 0 Å². The first-order valence-corrected chi connectivity index (χ1v) is 7.32. The molecule has 0 radical (unpaired) electrons. The highest BCUT2D eigenvalue weighted by molar-refractivity contribution is 7.98. The van der Waals surface area contributed by atoms with Crippen LogP contribution in [0.25, 0.3) is 11.1 Å². The van der Waals surface area contributed by atoms with Crippen LogP contribution in [0.5, 0.6) is 0 Å². The van der Waals surface area contributed by atoms with Crippen molar-refractivity contribution in [2.75, 3.05) is 6.26 Å². The van der Waals surface area contributed by atoms with Gasteiger partial charge in [0.25, 0.3) is 0 Å². The van der Waals surface area contributed by atoms with E-state index in [1.807, 2.05) is 17.8 Å². The second kappa shape index (κ2) is 5.92. The summed E-state index contributed by atoms with van der Waals surface area (Å²) in [7, 11) is 0. The Balaban J connectivity index is 2.52. The molecule has 0 saturated heterocycles.